The van der Waals surface area contributed by atoms with Crippen molar-refractivity contribution in [3.63, 3.8) is 0 Å². The number of halogens is 2. The second kappa shape index (κ2) is 5.56. The molecule has 3 nitrogen and oxygen atoms in total. The van der Waals surface area contributed by atoms with E-state index in [4.69, 9.17) is 11.6 Å². The maximum Gasteiger partial charge on any atom is 0.204 e. The number of rotatable bonds is 3. The van der Waals surface area contributed by atoms with E-state index >= 15 is 0 Å². The van der Waals surface area contributed by atoms with E-state index in [-0.39, 0.29) is 5.56 Å². The van der Waals surface area contributed by atoms with Crippen LogP contribution in [0.1, 0.15) is 5.56 Å². The van der Waals surface area contributed by atoms with Gasteiger partial charge in [0.05, 0.1) is 21.5 Å². The average molecular weight is 306 g/mol. The number of hydrogen-bond acceptors (Lipinski definition) is 4. The Kier molecular flexibility index (Phi) is 3.62. The third-order valence-corrected chi connectivity index (χ3v) is 3.92. The van der Waals surface area contributed by atoms with Gasteiger partial charge in [-0.15, -0.1) is 0 Å². The lowest BCUT2D eigenvalue weighted by Gasteiger charge is -1.98. The van der Waals surface area contributed by atoms with Crippen LogP contribution in [0.25, 0.3) is 10.2 Å². The van der Waals surface area contributed by atoms with Crippen molar-refractivity contribution in [2.24, 2.45) is 5.10 Å². The maximum absolute atomic E-state index is 13.5. The Hall–Kier alpha value is -1.98. The fourth-order valence-electron chi connectivity index (χ4n) is 1.71. The van der Waals surface area contributed by atoms with E-state index in [0.717, 1.165) is 10.2 Å². The lowest BCUT2D eigenvalue weighted by atomic mass is 10.2. The summed E-state index contributed by atoms with van der Waals surface area (Å²) in [6.07, 6.45) is 1.35. The Labute approximate surface area is 123 Å². The predicted molar refractivity (Wildman–Crippen MR) is 82.2 cm³/mol. The number of para-hydroxylation sites is 1. The molecule has 1 N–H and O–H groups in total. The molecule has 6 heteroatoms. The monoisotopic (exact) mass is 305 g/mol. The van der Waals surface area contributed by atoms with Gasteiger partial charge < -0.3 is 0 Å². The summed E-state index contributed by atoms with van der Waals surface area (Å²) in [6, 6.07) is 12.3. The number of anilines is 1. The molecular weight excluding hydrogens is 297 g/mol. The van der Waals surface area contributed by atoms with Crippen molar-refractivity contribution >= 4 is 44.5 Å². The summed E-state index contributed by atoms with van der Waals surface area (Å²) in [7, 11) is 0. The average Bonchev–Trinajstić information content (AvgIpc) is 2.84. The van der Waals surface area contributed by atoms with Crippen molar-refractivity contribution < 1.29 is 4.39 Å². The van der Waals surface area contributed by atoms with Gasteiger partial charge in [0.25, 0.3) is 0 Å². The third-order valence-electron chi connectivity index (χ3n) is 2.65. The van der Waals surface area contributed by atoms with Crippen molar-refractivity contribution in [2.45, 2.75) is 0 Å². The Morgan fingerprint density at radius 1 is 1.20 bits per heavy atom. The number of aromatic nitrogens is 1. The number of benzene rings is 2. The highest BCUT2D eigenvalue weighted by Crippen LogP contribution is 2.25. The zero-order valence-corrected chi connectivity index (χ0v) is 11.7. The maximum atomic E-state index is 13.5. The summed E-state index contributed by atoms with van der Waals surface area (Å²) < 4.78 is 14.6. The van der Waals surface area contributed by atoms with Gasteiger partial charge in [-0.05, 0) is 24.3 Å². The van der Waals surface area contributed by atoms with E-state index in [2.05, 4.69) is 15.5 Å². The normalized spacial score (nSPS) is 11.3. The van der Waals surface area contributed by atoms with Gasteiger partial charge in [0, 0.05) is 5.56 Å². The van der Waals surface area contributed by atoms with Gasteiger partial charge in [0.2, 0.25) is 5.13 Å². The van der Waals surface area contributed by atoms with Gasteiger partial charge in [-0.1, -0.05) is 41.1 Å². The molecule has 1 heterocycles. The molecule has 0 fully saturated rings. The molecule has 0 aliphatic heterocycles. The molecule has 0 atom stereocenters. The van der Waals surface area contributed by atoms with E-state index in [1.807, 2.05) is 24.3 Å². The molecule has 0 saturated heterocycles. The highest BCUT2D eigenvalue weighted by Gasteiger charge is 2.04. The Balaban J connectivity index is 1.80. The molecule has 3 aromatic rings. The quantitative estimate of drug-likeness (QED) is 0.570. The molecule has 0 bridgehead atoms. The topological polar surface area (TPSA) is 37.3 Å². The molecule has 1 aromatic heterocycles. The predicted octanol–water partition coefficient (Wildman–Crippen LogP) is 4.53. The summed E-state index contributed by atoms with van der Waals surface area (Å²) in [5.41, 5.74) is 3.94. The Morgan fingerprint density at radius 3 is 2.85 bits per heavy atom. The molecule has 0 spiro atoms. The first-order chi connectivity index (χ1) is 9.74. The molecule has 0 aliphatic carbocycles. The third kappa shape index (κ3) is 2.64. The zero-order valence-electron chi connectivity index (χ0n) is 10.2. The van der Waals surface area contributed by atoms with Crippen LogP contribution in [0.2, 0.25) is 5.02 Å². The Bertz CT molecular complexity index is 732. The number of nitrogens with zero attached hydrogens (tertiary/aromatic N) is 2. The van der Waals surface area contributed by atoms with Gasteiger partial charge >= 0.3 is 0 Å². The molecule has 100 valence electrons. The number of hydrazone groups is 1. The number of fused-ring (bicyclic) bond motifs is 1. The molecule has 0 radical (unpaired) electrons. The summed E-state index contributed by atoms with van der Waals surface area (Å²) in [5.74, 6) is -0.410. The minimum Gasteiger partial charge on any atom is -0.253 e. The van der Waals surface area contributed by atoms with Crippen molar-refractivity contribution in [1.29, 1.82) is 0 Å². The minimum atomic E-state index is -0.410. The summed E-state index contributed by atoms with van der Waals surface area (Å²) >= 11 is 7.38. The highest BCUT2D eigenvalue weighted by atomic mass is 35.5. The van der Waals surface area contributed by atoms with Crippen LogP contribution < -0.4 is 5.43 Å². The zero-order chi connectivity index (χ0) is 13.9. The van der Waals surface area contributed by atoms with E-state index in [0.29, 0.717) is 10.2 Å². The largest absolute Gasteiger partial charge is 0.253 e. The van der Waals surface area contributed by atoms with Gasteiger partial charge in [0.15, 0.2) is 0 Å². The highest BCUT2D eigenvalue weighted by molar-refractivity contribution is 7.22. The second-order valence-electron chi connectivity index (χ2n) is 3.99. The molecule has 3 rings (SSSR count). The minimum absolute atomic E-state index is 0.253. The lowest BCUT2D eigenvalue weighted by molar-refractivity contribution is 0.626. The second-order valence-corrected chi connectivity index (χ2v) is 5.43. The van der Waals surface area contributed by atoms with Crippen molar-refractivity contribution in [1.82, 2.24) is 4.98 Å². The molecular formula is C14H9ClFN3S. The van der Waals surface area contributed by atoms with Crippen molar-refractivity contribution in [3.8, 4) is 0 Å². The van der Waals surface area contributed by atoms with Gasteiger partial charge in [-0.25, -0.2) is 9.37 Å². The van der Waals surface area contributed by atoms with Crippen LogP contribution in [0.5, 0.6) is 0 Å². The van der Waals surface area contributed by atoms with Gasteiger partial charge in [0.1, 0.15) is 5.82 Å². The van der Waals surface area contributed by atoms with Gasteiger partial charge in [-0.3, -0.25) is 5.43 Å². The number of thiazole rings is 1. The first-order valence-corrected chi connectivity index (χ1v) is 7.02. The molecule has 0 unspecified atom stereocenters. The van der Waals surface area contributed by atoms with Crippen LogP contribution in [0.15, 0.2) is 47.6 Å². The first-order valence-electron chi connectivity index (χ1n) is 5.83. The summed E-state index contributed by atoms with van der Waals surface area (Å²) in [6.45, 7) is 0. The van der Waals surface area contributed by atoms with E-state index in [1.54, 1.807) is 12.1 Å². The van der Waals surface area contributed by atoms with Crippen LogP contribution in [0.3, 0.4) is 0 Å². The van der Waals surface area contributed by atoms with Crippen LogP contribution in [0, 0.1) is 5.82 Å². The number of hydrogen-bond donors (Lipinski definition) is 1. The smallest absolute Gasteiger partial charge is 0.204 e. The van der Waals surface area contributed by atoms with Crippen LogP contribution in [-0.2, 0) is 0 Å². The molecule has 0 saturated carbocycles. The lowest BCUT2D eigenvalue weighted by Crippen LogP contribution is -1.93. The van der Waals surface area contributed by atoms with E-state index in [1.165, 1.54) is 23.6 Å². The van der Waals surface area contributed by atoms with Crippen LogP contribution >= 0.6 is 22.9 Å². The fourth-order valence-corrected chi connectivity index (χ4v) is 2.73. The summed E-state index contributed by atoms with van der Waals surface area (Å²) in [5, 5.41) is 4.94. The Morgan fingerprint density at radius 2 is 2.05 bits per heavy atom. The van der Waals surface area contributed by atoms with Crippen molar-refractivity contribution in [3.05, 3.63) is 58.9 Å². The molecule has 20 heavy (non-hydrogen) atoms. The fraction of sp³-hybridized carbons (Fsp3) is 0. The first kappa shape index (κ1) is 13.0. The molecule has 0 aliphatic rings. The molecule has 2 aromatic carbocycles. The standard InChI is InChI=1S/C14H9ClFN3S/c15-10-4-3-5-11(16)9(10)8-17-19-14-18-12-6-1-2-7-13(12)20-14/h1-8H,(H,18,19). The van der Waals surface area contributed by atoms with Crippen LogP contribution in [0.4, 0.5) is 9.52 Å². The SMILES string of the molecule is Fc1cccc(Cl)c1C=NNc1nc2ccccc2s1. The molecule has 0 amide bonds. The van der Waals surface area contributed by atoms with Crippen LogP contribution in [-0.4, -0.2) is 11.2 Å². The summed E-state index contributed by atoms with van der Waals surface area (Å²) in [4.78, 5) is 4.36. The van der Waals surface area contributed by atoms with Crippen molar-refractivity contribution in [2.75, 3.05) is 5.43 Å². The van der Waals surface area contributed by atoms with Gasteiger partial charge in [-0.2, -0.15) is 5.10 Å². The number of nitrogens with one attached hydrogen (secondary N) is 1. The van der Waals surface area contributed by atoms with E-state index < -0.39 is 5.82 Å². The van der Waals surface area contributed by atoms with E-state index in [9.17, 15) is 4.39 Å².